The monoisotopic (exact) mass is 321 g/mol. The van der Waals surface area contributed by atoms with E-state index in [1.54, 1.807) is 27.8 Å². The molecule has 0 N–H and O–H groups in total. The molecule has 2 aromatic rings. The van der Waals surface area contributed by atoms with Gasteiger partial charge in [0.05, 0.1) is 10.9 Å². The minimum Gasteiger partial charge on any atom is -0.207 e. The van der Waals surface area contributed by atoms with Crippen molar-refractivity contribution in [1.29, 1.82) is 0 Å². The lowest BCUT2D eigenvalue weighted by Gasteiger charge is -2.34. The first kappa shape index (κ1) is 14.8. The molecule has 1 atom stereocenters. The molecular formula is C16H19NO2S2. The van der Waals surface area contributed by atoms with Crippen molar-refractivity contribution in [2.24, 2.45) is 0 Å². The van der Waals surface area contributed by atoms with Gasteiger partial charge in [-0.3, -0.25) is 0 Å². The molecule has 1 saturated heterocycles. The SMILES string of the molecule is Cc1ccc(S(=O)(=O)N2CCCC[C@@H]2c2cccs2)cc1. The number of aryl methyl sites for hydroxylation is 1. The standard InChI is InChI=1S/C16H19NO2S2/c1-13-7-9-14(10-8-13)21(18,19)17-11-3-2-5-15(17)16-6-4-12-20-16/h4,6-10,12,15H,2-3,5,11H2,1H3/t15-/m1/s1. The Balaban J connectivity index is 1.97. The predicted molar refractivity (Wildman–Crippen MR) is 86.0 cm³/mol. The Labute approximate surface area is 130 Å². The summed E-state index contributed by atoms with van der Waals surface area (Å²) in [5.74, 6) is 0. The first-order valence-electron chi connectivity index (χ1n) is 7.21. The van der Waals surface area contributed by atoms with E-state index >= 15 is 0 Å². The molecule has 0 bridgehead atoms. The molecule has 0 saturated carbocycles. The molecule has 0 spiro atoms. The zero-order valence-electron chi connectivity index (χ0n) is 12.0. The minimum atomic E-state index is -3.41. The van der Waals surface area contributed by atoms with Crippen LogP contribution in [0.4, 0.5) is 0 Å². The van der Waals surface area contributed by atoms with E-state index in [0.29, 0.717) is 11.4 Å². The first-order valence-corrected chi connectivity index (χ1v) is 9.53. The van der Waals surface area contributed by atoms with Crippen molar-refractivity contribution in [3.05, 3.63) is 52.2 Å². The minimum absolute atomic E-state index is 0.00921. The molecule has 112 valence electrons. The van der Waals surface area contributed by atoms with Crippen LogP contribution in [0.1, 0.15) is 35.7 Å². The molecule has 0 unspecified atom stereocenters. The Bertz CT molecular complexity index is 690. The van der Waals surface area contributed by atoms with Crippen LogP contribution in [0.25, 0.3) is 0 Å². The number of piperidine rings is 1. The predicted octanol–water partition coefficient (Wildman–Crippen LogP) is 3.97. The smallest absolute Gasteiger partial charge is 0.207 e. The first-order chi connectivity index (χ1) is 10.1. The average Bonchev–Trinajstić information content (AvgIpc) is 3.02. The van der Waals surface area contributed by atoms with Crippen molar-refractivity contribution >= 4 is 21.4 Å². The highest BCUT2D eigenvalue weighted by molar-refractivity contribution is 7.89. The van der Waals surface area contributed by atoms with E-state index in [4.69, 9.17) is 0 Å². The molecule has 1 aliphatic heterocycles. The molecule has 0 amide bonds. The number of thiophene rings is 1. The van der Waals surface area contributed by atoms with Gasteiger partial charge in [0.15, 0.2) is 0 Å². The van der Waals surface area contributed by atoms with Gasteiger partial charge in [-0.2, -0.15) is 4.31 Å². The maximum absolute atomic E-state index is 12.9. The molecule has 2 heterocycles. The maximum atomic E-state index is 12.9. The van der Waals surface area contributed by atoms with Crippen LogP contribution in [-0.2, 0) is 10.0 Å². The van der Waals surface area contributed by atoms with E-state index < -0.39 is 10.0 Å². The fourth-order valence-corrected chi connectivity index (χ4v) is 5.42. The highest BCUT2D eigenvalue weighted by Gasteiger charge is 2.34. The quantitative estimate of drug-likeness (QED) is 0.857. The van der Waals surface area contributed by atoms with Gasteiger partial charge in [-0.25, -0.2) is 8.42 Å². The number of benzene rings is 1. The molecule has 1 aromatic heterocycles. The number of sulfonamides is 1. The summed E-state index contributed by atoms with van der Waals surface area (Å²) in [6, 6.07) is 11.2. The molecule has 0 radical (unpaired) electrons. The highest BCUT2D eigenvalue weighted by atomic mass is 32.2. The Morgan fingerprint density at radius 1 is 1.14 bits per heavy atom. The summed E-state index contributed by atoms with van der Waals surface area (Å²) in [5, 5.41) is 2.01. The summed E-state index contributed by atoms with van der Waals surface area (Å²) >= 11 is 1.64. The van der Waals surface area contributed by atoms with E-state index in [9.17, 15) is 8.42 Å². The summed E-state index contributed by atoms with van der Waals surface area (Å²) in [6.07, 6.45) is 2.93. The molecule has 3 rings (SSSR count). The highest BCUT2D eigenvalue weighted by Crippen LogP contribution is 2.37. The topological polar surface area (TPSA) is 37.4 Å². The van der Waals surface area contributed by atoms with E-state index in [1.165, 1.54) is 0 Å². The second kappa shape index (κ2) is 5.91. The van der Waals surface area contributed by atoms with Crippen molar-refractivity contribution in [3.8, 4) is 0 Å². The van der Waals surface area contributed by atoms with Gasteiger partial charge in [-0.15, -0.1) is 11.3 Å². The van der Waals surface area contributed by atoms with Crippen molar-refractivity contribution < 1.29 is 8.42 Å². The van der Waals surface area contributed by atoms with Crippen LogP contribution < -0.4 is 0 Å². The van der Waals surface area contributed by atoms with Gasteiger partial charge in [0.2, 0.25) is 10.0 Å². The second-order valence-electron chi connectivity index (χ2n) is 5.46. The van der Waals surface area contributed by atoms with Gasteiger partial charge in [0.1, 0.15) is 0 Å². The van der Waals surface area contributed by atoms with E-state index in [0.717, 1.165) is 29.7 Å². The molecule has 1 fully saturated rings. The zero-order valence-corrected chi connectivity index (χ0v) is 13.7. The van der Waals surface area contributed by atoms with Gasteiger partial charge in [-0.05, 0) is 43.3 Å². The van der Waals surface area contributed by atoms with Crippen LogP contribution in [0.2, 0.25) is 0 Å². The van der Waals surface area contributed by atoms with Crippen molar-refractivity contribution in [3.63, 3.8) is 0 Å². The summed E-state index contributed by atoms with van der Waals surface area (Å²) in [6.45, 7) is 2.57. The van der Waals surface area contributed by atoms with Crippen molar-refractivity contribution in [2.45, 2.75) is 37.1 Å². The van der Waals surface area contributed by atoms with Crippen LogP contribution >= 0.6 is 11.3 Å². The Hall–Kier alpha value is -1.17. The average molecular weight is 321 g/mol. The van der Waals surface area contributed by atoms with E-state index in [-0.39, 0.29) is 6.04 Å². The second-order valence-corrected chi connectivity index (χ2v) is 8.33. The summed E-state index contributed by atoms with van der Waals surface area (Å²) in [5.41, 5.74) is 1.07. The van der Waals surface area contributed by atoms with Crippen LogP contribution in [0.15, 0.2) is 46.7 Å². The number of hydrogen-bond donors (Lipinski definition) is 0. The third-order valence-electron chi connectivity index (χ3n) is 3.95. The zero-order chi connectivity index (χ0) is 14.9. The molecule has 0 aliphatic carbocycles. The molecule has 1 aliphatic rings. The van der Waals surface area contributed by atoms with Gasteiger partial charge in [0, 0.05) is 11.4 Å². The van der Waals surface area contributed by atoms with Gasteiger partial charge in [-0.1, -0.05) is 30.2 Å². The fraction of sp³-hybridized carbons (Fsp3) is 0.375. The largest absolute Gasteiger partial charge is 0.243 e. The van der Waals surface area contributed by atoms with Crippen LogP contribution in [0, 0.1) is 6.92 Å². The number of rotatable bonds is 3. The van der Waals surface area contributed by atoms with Crippen molar-refractivity contribution in [1.82, 2.24) is 4.31 Å². The van der Waals surface area contributed by atoms with Gasteiger partial charge in [0.25, 0.3) is 0 Å². The number of hydrogen-bond acceptors (Lipinski definition) is 3. The molecule has 1 aromatic carbocycles. The third kappa shape index (κ3) is 2.91. The lowest BCUT2D eigenvalue weighted by molar-refractivity contribution is 0.259. The molecule has 3 nitrogen and oxygen atoms in total. The lowest BCUT2D eigenvalue weighted by Crippen LogP contribution is -2.38. The molecule has 21 heavy (non-hydrogen) atoms. The molecular weight excluding hydrogens is 302 g/mol. The van der Waals surface area contributed by atoms with Gasteiger partial charge < -0.3 is 0 Å². The van der Waals surface area contributed by atoms with Crippen LogP contribution in [0.3, 0.4) is 0 Å². The normalized spacial score (nSPS) is 20.5. The Kier molecular flexibility index (Phi) is 4.15. The third-order valence-corrected chi connectivity index (χ3v) is 6.85. The lowest BCUT2D eigenvalue weighted by atomic mass is 10.0. The maximum Gasteiger partial charge on any atom is 0.243 e. The molecule has 5 heteroatoms. The summed E-state index contributed by atoms with van der Waals surface area (Å²) in [4.78, 5) is 1.54. The Morgan fingerprint density at radius 3 is 2.57 bits per heavy atom. The summed E-state index contributed by atoms with van der Waals surface area (Å²) in [7, 11) is -3.41. The fourth-order valence-electron chi connectivity index (χ4n) is 2.80. The van der Waals surface area contributed by atoms with Crippen molar-refractivity contribution in [2.75, 3.05) is 6.54 Å². The van der Waals surface area contributed by atoms with E-state index in [2.05, 4.69) is 0 Å². The Morgan fingerprint density at radius 2 is 1.90 bits per heavy atom. The van der Waals surface area contributed by atoms with Gasteiger partial charge >= 0.3 is 0 Å². The summed E-state index contributed by atoms with van der Waals surface area (Å²) < 4.78 is 27.6. The van der Waals surface area contributed by atoms with E-state index in [1.807, 2.05) is 36.6 Å². The number of nitrogens with zero attached hydrogens (tertiary/aromatic N) is 1. The van der Waals surface area contributed by atoms with Crippen LogP contribution in [-0.4, -0.2) is 19.3 Å². The van der Waals surface area contributed by atoms with Crippen LogP contribution in [0.5, 0.6) is 0 Å².